The van der Waals surface area contributed by atoms with Crippen LogP contribution in [0.25, 0.3) is 0 Å². The maximum Gasteiger partial charge on any atom is 0.306 e. The normalized spacial score (nSPS) is 12.0. The van der Waals surface area contributed by atoms with Crippen molar-refractivity contribution in [3.8, 4) is 0 Å². The van der Waals surface area contributed by atoms with Gasteiger partial charge in [-0.25, -0.2) is 0 Å². The van der Waals surface area contributed by atoms with E-state index in [4.69, 9.17) is 14.2 Å². The lowest BCUT2D eigenvalue weighted by molar-refractivity contribution is -0.167. The summed E-state index contributed by atoms with van der Waals surface area (Å²) < 4.78 is 16.9. The lowest BCUT2D eigenvalue weighted by Gasteiger charge is -2.18. The summed E-state index contributed by atoms with van der Waals surface area (Å²) in [7, 11) is 0. The fourth-order valence-electron chi connectivity index (χ4n) is 9.05. The highest BCUT2D eigenvalue weighted by Crippen LogP contribution is 2.18. The molecule has 6 heteroatoms. The van der Waals surface area contributed by atoms with Crippen molar-refractivity contribution in [3.63, 3.8) is 0 Å². The van der Waals surface area contributed by atoms with Gasteiger partial charge in [-0.3, -0.25) is 14.4 Å². The fraction of sp³-hybridized carbons (Fsp3) is 0.949. The van der Waals surface area contributed by atoms with Crippen molar-refractivity contribution >= 4 is 17.9 Å². The first kappa shape index (κ1) is 63.4. The molecule has 0 spiro atoms. The molecule has 0 saturated heterocycles. The van der Waals surface area contributed by atoms with Gasteiger partial charge >= 0.3 is 17.9 Å². The van der Waals surface area contributed by atoms with E-state index in [-0.39, 0.29) is 31.1 Å². The molecule has 0 aliphatic carbocycles. The summed E-state index contributed by atoms with van der Waals surface area (Å²) in [6, 6.07) is 0. The molecule has 0 aromatic carbocycles. The predicted molar refractivity (Wildman–Crippen MR) is 280 cm³/mol. The third kappa shape index (κ3) is 53.2. The molecule has 1 atom stereocenters. The second kappa shape index (κ2) is 51.8. The highest BCUT2D eigenvalue weighted by atomic mass is 16.6. The van der Waals surface area contributed by atoms with E-state index >= 15 is 0 Å². The Kier molecular flexibility index (Phi) is 50.5. The Morgan fingerprint density at radius 2 is 0.508 bits per heavy atom. The number of rotatable bonds is 53. The number of ether oxygens (including phenoxy) is 3. The maximum atomic E-state index is 12.9. The van der Waals surface area contributed by atoms with Crippen LogP contribution in [0.3, 0.4) is 0 Å². The van der Waals surface area contributed by atoms with Crippen molar-refractivity contribution in [2.75, 3.05) is 13.2 Å². The van der Waals surface area contributed by atoms with E-state index in [0.29, 0.717) is 19.3 Å². The van der Waals surface area contributed by atoms with Gasteiger partial charge in [0.2, 0.25) is 0 Å². The molecule has 0 aliphatic heterocycles. The molecule has 0 aromatic heterocycles. The van der Waals surface area contributed by atoms with Crippen LogP contribution in [0.15, 0.2) is 0 Å². The Morgan fingerprint density at radius 3 is 0.754 bits per heavy atom. The fourth-order valence-corrected chi connectivity index (χ4v) is 9.05. The molecule has 0 heterocycles. The van der Waals surface area contributed by atoms with E-state index in [2.05, 4.69) is 34.6 Å². The number of unbranched alkanes of at least 4 members (excludes halogenated alkanes) is 38. The minimum absolute atomic E-state index is 0.0629. The van der Waals surface area contributed by atoms with Gasteiger partial charge in [0.25, 0.3) is 0 Å². The molecule has 0 aromatic rings. The standard InChI is InChI=1S/C59H114O6/c1-6-7-8-9-10-11-12-13-14-15-19-22-25-28-34-39-44-49-57(60)63-52-56(53-64-58(61)50-45-40-35-31-30-33-38-43-48-55(4)5)65-59(62)51-46-41-36-29-26-23-20-17-16-18-21-24-27-32-37-42-47-54(2)3/h54-56H,6-53H2,1-5H3/t56-/m0/s1. The Labute approximate surface area is 406 Å². The largest absolute Gasteiger partial charge is 0.462 e. The summed E-state index contributed by atoms with van der Waals surface area (Å²) in [4.78, 5) is 38.1. The maximum absolute atomic E-state index is 12.9. The van der Waals surface area contributed by atoms with Crippen LogP contribution in [0.1, 0.15) is 330 Å². The van der Waals surface area contributed by atoms with E-state index in [1.54, 1.807) is 0 Å². The van der Waals surface area contributed by atoms with Crippen LogP contribution in [-0.4, -0.2) is 37.2 Å². The molecular formula is C59H114O6. The van der Waals surface area contributed by atoms with Crippen molar-refractivity contribution in [1.82, 2.24) is 0 Å². The zero-order chi connectivity index (χ0) is 47.5. The van der Waals surface area contributed by atoms with Gasteiger partial charge in [-0.05, 0) is 31.1 Å². The highest BCUT2D eigenvalue weighted by Gasteiger charge is 2.19. The van der Waals surface area contributed by atoms with Crippen molar-refractivity contribution in [1.29, 1.82) is 0 Å². The van der Waals surface area contributed by atoms with Crippen LogP contribution in [0.2, 0.25) is 0 Å². The van der Waals surface area contributed by atoms with Gasteiger partial charge < -0.3 is 14.2 Å². The molecule has 65 heavy (non-hydrogen) atoms. The van der Waals surface area contributed by atoms with E-state index in [0.717, 1.165) is 69.6 Å². The van der Waals surface area contributed by atoms with Crippen molar-refractivity contribution in [3.05, 3.63) is 0 Å². The van der Waals surface area contributed by atoms with Crippen LogP contribution >= 0.6 is 0 Å². The lowest BCUT2D eigenvalue weighted by atomic mass is 10.0. The summed E-state index contributed by atoms with van der Waals surface area (Å²) >= 11 is 0. The molecule has 0 amide bonds. The monoisotopic (exact) mass is 919 g/mol. The van der Waals surface area contributed by atoms with Crippen LogP contribution in [0, 0.1) is 11.8 Å². The summed E-state index contributed by atoms with van der Waals surface area (Å²) in [6.07, 6.45) is 55.3. The Hall–Kier alpha value is -1.59. The van der Waals surface area contributed by atoms with Gasteiger partial charge in [-0.1, -0.05) is 291 Å². The second-order valence-corrected chi connectivity index (χ2v) is 21.2. The number of carbonyl (C=O) groups excluding carboxylic acids is 3. The van der Waals surface area contributed by atoms with Crippen molar-refractivity contribution < 1.29 is 28.6 Å². The third-order valence-corrected chi connectivity index (χ3v) is 13.5. The number of hydrogen-bond donors (Lipinski definition) is 0. The third-order valence-electron chi connectivity index (χ3n) is 13.5. The predicted octanol–water partition coefficient (Wildman–Crippen LogP) is 19.3. The second-order valence-electron chi connectivity index (χ2n) is 21.2. The van der Waals surface area contributed by atoms with Gasteiger partial charge in [-0.15, -0.1) is 0 Å². The summed E-state index contributed by atoms with van der Waals surface area (Å²) in [5, 5.41) is 0. The van der Waals surface area contributed by atoms with Crippen molar-refractivity contribution in [2.24, 2.45) is 11.8 Å². The quantitative estimate of drug-likeness (QED) is 0.0344. The smallest absolute Gasteiger partial charge is 0.306 e. The zero-order valence-corrected chi connectivity index (χ0v) is 44.6. The summed E-state index contributed by atoms with van der Waals surface area (Å²) in [5.74, 6) is 0.807. The number of carbonyl (C=O) groups is 3. The molecule has 0 unspecified atom stereocenters. The molecule has 0 bridgehead atoms. The van der Waals surface area contributed by atoms with E-state index in [9.17, 15) is 14.4 Å². The van der Waals surface area contributed by atoms with E-state index in [1.807, 2.05) is 0 Å². The van der Waals surface area contributed by atoms with Crippen LogP contribution in [0.4, 0.5) is 0 Å². The van der Waals surface area contributed by atoms with Gasteiger partial charge in [0.05, 0.1) is 0 Å². The first-order valence-electron chi connectivity index (χ1n) is 29.2. The van der Waals surface area contributed by atoms with Crippen LogP contribution in [0.5, 0.6) is 0 Å². The topological polar surface area (TPSA) is 78.9 Å². The molecule has 0 fully saturated rings. The lowest BCUT2D eigenvalue weighted by Crippen LogP contribution is -2.30. The number of hydrogen-bond acceptors (Lipinski definition) is 6. The van der Waals surface area contributed by atoms with E-state index < -0.39 is 6.10 Å². The van der Waals surface area contributed by atoms with Gasteiger partial charge in [0.1, 0.15) is 13.2 Å². The molecular weight excluding hydrogens is 805 g/mol. The molecule has 0 rings (SSSR count). The van der Waals surface area contributed by atoms with Crippen LogP contribution < -0.4 is 0 Å². The average molecular weight is 920 g/mol. The SMILES string of the molecule is CCCCCCCCCCCCCCCCCCCC(=O)OC[C@@H](COC(=O)CCCCCCCCCCC(C)C)OC(=O)CCCCCCCCCCCCCCCCCCC(C)C. The molecule has 6 nitrogen and oxygen atoms in total. The van der Waals surface area contributed by atoms with Crippen molar-refractivity contribution in [2.45, 2.75) is 336 Å². The first-order valence-corrected chi connectivity index (χ1v) is 29.2. The molecule has 386 valence electrons. The highest BCUT2D eigenvalue weighted by molar-refractivity contribution is 5.71. The zero-order valence-electron chi connectivity index (χ0n) is 44.6. The Bertz CT molecular complexity index is 993. The molecule has 0 N–H and O–H groups in total. The summed E-state index contributed by atoms with van der Waals surface area (Å²) in [6.45, 7) is 11.4. The average Bonchev–Trinajstić information content (AvgIpc) is 3.28. The van der Waals surface area contributed by atoms with Crippen LogP contribution in [-0.2, 0) is 28.6 Å². The molecule has 0 saturated carbocycles. The first-order chi connectivity index (χ1) is 31.7. The van der Waals surface area contributed by atoms with Gasteiger partial charge in [0.15, 0.2) is 6.10 Å². The molecule has 0 radical (unpaired) electrons. The Balaban J connectivity index is 4.25. The number of esters is 3. The van der Waals surface area contributed by atoms with E-state index in [1.165, 1.54) is 218 Å². The minimum atomic E-state index is -0.763. The molecule has 0 aliphatic rings. The minimum Gasteiger partial charge on any atom is -0.462 e. The van der Waals surface area contributed by atoms with Gasteiger partial charge in [-0.2, -0.15) is 0 Å². The van der Waals surface area contributed by atoms with Gasteiger partial charge in [0, 0.05) is 19.3 Å². The summed E-state index contributed by atoms with van der Waals surface area (Å²) in [5.41, 5.74) is 0. The Morgan fingerprint density at radius 1 is 0.292 bits per heavy atom.